The van der Waals surface area contributed by atoms with E-state index in [0.717, 1.165) is 0 Å². The van der Waals surface area contributed by atoms with Crippen LogP contribution >= 0.6 is 0 Å². The van der Waals surface area contributed by atoms with Crippen LogP contribution in [0.25, 0.3) is 0 Å². The van der Waals surface area contributed by atoms with Crippen LogP contribution < -0.4 is 5.73 Å². The first-order chi connectivity index (χ1) is 4.36. The number of hydrogen-bond donors (Lipinski definition) is 2. The predicted molar refractivity (Wildman–Crippen MR) is 28.3 cm³/mol. The molecule has 0 spiro atoms. The molecule has 0 bridgehead atoms. The van der Waals surface area contributed by atoms with Gasteiger partial charge < -0.3 is 10.8 Å². The zero-order chi connectivity index (χ0) is 7.99. The topological polar surface area (TPSA) is 63.3 Å². The molecular formula is C5H7F2NO2. The molecule has 3 nitrogen and oxygen atoms in total. The number of carbonyl (C=O) groups excluding carboxylic acids is 1. The van der Waals surface area contributed by atoms with Gasteiger partial charge in [0.05, 0.1) is 0 Å². The lowest BCUT2D eigenvalue weighted by molar-refractivity contribution is -0.205. The summed E-state index contributed by atoms with van der Waals surface area (Å²) >= 11 is 0. The fourth-order valence-corrected chi connectivity index (χ4v) is 0.978. The van der Waals surface area contributed by atoms with Gasteiger partial charge in [0.15, 0.2) is 5.60 Å². The summed E-state index contributed by atoms with van der Waals surface area (Å²) < 4.78 is 24.1. The van der Waals surface area contributed by atoms with Gasteiger partial charge in [-0.1, -0.05) is 0 Å². The maximum Gasteiger partial charge on any atom is 0.254 e. The Morgan fingerprint density at radius 3 is 2.00 bits per heavy atom. The molecule has 0 atom stereocenters. The van der Waals surface area contributed by atoms with Gasteiger partial charge in [-0.2, -0.15) is 0 Å². The smallest absolute Gasteiger partial charge is 0.254 e. The van der Waals surface area contributed by atoms with Crippen LogP contribution in [0.15, 0.2) is 0 Å². The second-order valence-electron chi connectivity index (χ2n) is 2.61. The molecule has 58 valence electrons. The number of aliphatic hydroxyl groups is 1. The van der Waals surface area contributed by atoms with Gasteiger partial charge in [0.25, 0.3) is 5.92 Å². The molecule has 1 rings (SSSR count). The normalized spacial score (nSPS) is 27.1. The molecule has 1 fully saturated rings. The van der Waals surface area contributed by atoms with E-state index >= 15 is 0 Å². The Bertz CT molecular complexity index is 172. The molecule has 0 heterocycles. The van der Waals surface area contributed by atoms with Gasteiger partial charge in [0.1, 0.15) is 0 Å². The molecule has 0 aromatic rings. The summed E-state index contributed by atoms with van der Waals surface area (Å²) in [5.74, 6) is -3.98. The van der Waals surface area contributed by atoms with E-state index in [4.69, 9.17) is 5.11 Å². The Balaban J connectivity index is 2.58. The van der Waals surface area contributed by atoms with Crippen LogP contribution in [0.3, 0.4) is 0 Å². The van der Waals surface area contributed by atoms with Crippen molar-refractivity contribution in [1.29, 1.82) is 0 Å². The third-order valence-electron chi connectivity index (χ3n) is 1.56. The lowest BCUT2D eigenvalue weighted by Gasteiger charge is -2.40. The van der Waals surface area contributed by atoms with Crippen molar-refractivity contribution in [3.8, 4) is 0 Å². The van der Waals surface area contributed by atoms with Gasteiger partial charge in [-0.15, -0.1) is 0 Å². The summed E-state index contributed by atoms with van der Waals surface area (Å²) in [6, 6.07) is 0. The number of nitrogens with two attached hydrogens (primary N) is 1. The molecule has 1 saturated carbocycles. The van der Waals surface area contributed by atoms with Crippen molar-refractivity contribution in [2.24, 2.45) is 5.73 Å². The first kappa shape index (κ1) is 7.40. The van der Waals surface area contributed by atoms with E-state index in [1.807, 2.05) is 0 Å². The van der Waals surface area contributed by atoms with Gasteiger partial charge >= 0.3 is 0 Å². The molecule has 0 aliphatic heterocycles. The summed E-state index contributed by atoms with van der Waals surface area (Å²) in [6.45, 7) is 0. The average Bonchev–Trinajstić information content (AvgIpc) is 1.59. The van der Waals surface area contributed by atoms with Crippen molar-refractivity contribution in [3.05, 3.63) is 0 Å². The standard InChI is InChI=1S/C5H7F2NO2/c6-5(7)1-4(10,2-5)3(8)9/h10H,1-2H2,(H2,8,9). The van der Waals surface area contributed by atoms with Crippen LogP contribution in [-0.2, 0) is 4.79 Å². The zero-order valence-electron chi connectivity index (χ0n) is 5.10. The van der Waals surface area contributed by atoms with Gasteiger partial charge in [0.2, 0.25) is 5.91 Å². The third kappa shape index (κ3) is 0.965. The van der Waals surface area contributed by atoms with Crippen LogP contribution in [0.2, 0.25) is 0 Å². The first-order valence-electron chi connectivity index (χ1n) is 2.76. The number of rotatable bonds is 1. The maximum atomic E-state index is 12.0. The van der Waals surface area contributed by atoms with E-state index in [1.54, 1.807) is 0 Å². The number of hydrogen-bond acceptors (Lipinski definition) is 2. The molecule has 1 aliphatic rings. The lowest BCUT2D eigenvalue weighted by Crippen LogP contribution is -2.59. The highest BCUT2D eigenvalue weighted by molar-refractivity contribution is 5.84. The molecule has 5 heteroatoms. The van der Waals surface area contributed by atoms with Gasteiger partial charge in [-0.3, -0.25) is 4.79 Å². The van der Waals surface area contributed by atoms with Crippen molar-refractivity contribution in [1.82, 2.24) is 0 Å². The van der Waals surface area contributed by atoms with Crippen LogP contribution in [0.5, 0.6) is 0 Å². The highest BCUT2D eigenvalue weighted by Gasteiger charge is 2.59. The summed E-state index contributed by atoms with van der Waals surface area (Å²) in [5.41, 5.74) is 2.68. The van der Waals surface area contributed by atoms with Crippen molar-refractivity contribution in [2.75, 3.05) is 0 Å². The van der Waals surface area contributed by atoms with E-state index in [0.29, 0.717) is 0 Å². The van der Waals surface area contributed by atoms with E-state index in [2.05, 4.69) is 5.73 Å². The van der Waals surface area contributed by atoms with Crippen molar-refractivity contribution in [2.45, 2.75) is 24.4 Å². The van der Waals surface area contributed by atoms with Gasteiger partial charge in [-0.05, 0) is 0 Å². The molecule has 10 heavy (non-hydrogen) atoms. The quantitative estimate of drug-likeness (QED) is 0.537. The maximum absolute atomic E-state index is 12.0. The molecule has 0 saturated heterocycles. The molecule has 0 aromatic heterocycles. The lowest BCUT2D eigenvalue weighted by atomic mass is 9.76. The second kappa shape index (κ2) is 1.66. The summed E-state index contributed by atoms with van der Waals surface area (Å²) in [4.78, 5) is 10.2. The highest BCUT2D eigenvalue weighted by Crippen LogP contribution is 2.45. The van der Waals surface area contributed by atoms with Crippen molar-refractivity contribution in [3.63, 3.8) is 0 Å². The highest BCUT2D eigenvalue weighted by atomic mass is 19.3. The molecule has 0 aromatic carbocycles. The van der Waals surface area contributed by atoms with E-state index in [9.17, 15) is 13.6 Å². The van der Waals surface area contributed by atoms with E-state index < -0.39 is 30.3 Å². The summed E-state index contributed by atoms with van der Waals surface area (Å²) in [5, 5.41) is 8.87. The Morgan fingerprint density at radius 2 is 1.90 bits per heavy atom. The molecule has 3 N–H and O–H groups in total. The summed E-state index contributed by atoms with van der Waals surface area (Å²) in [7, 11) is 0. The molecular weight excluding hydrogens is 144 g/mol. The number of amides is 1. The Kier molecular flexibility index (Phi) is 1.23. The van der Waals surface area contributed by atoms with Crippen molar-refractivity contribution < 1.29 is 18.7 Å². The van der Waals surface area contributed by atoms with Crippen LogP contribution in [-0.4, -0.2) is 22.5 Å². The third-order valence-corrected chi connectivity index (χ3v) is 1.56. The molecule has 1 aliphatic carbocycles. The van der Waals surface area contributed by atoms with Crippen LogP contribution in [0.1, 0.15) is 12.8 Å². The minimum absolute atomic E-state index is 0.838. The Morgan fingerprint density at radius 1 is 1.50 bits per heavy atom. The predicted octanol–water partition coefficient (Wildman–Crippen LogP) is -0.368. The van der Waals surface area contributed by atoms with Gasteiger partial charge in [0, 0.05) is 12.8 Å². The Labute approximate surface area is 55.8 Å². The minimum Gasteiger partial charge on any atom is -0.380 e. The SMILES string of the molecule is NC(=O)C1(O)CC(F)(F)C1. The van der Waals surface area contributed by atoms with Gasteiger partial charge in [-0.25, -0.2) is 8.78 Å². The zero-order valence-corrected chi connectivity index (χ0v) is 5.10. The number of primary amides is 1. The van der Waals surface area contributed by atoms with Crippen molar-refractivity contribution >= 4 is 5.91 Å². The fourth-order valence-electron chi connectivity index (χ4n) is 0.978. The first-order valence-corrected chi connectivity index (χ1v) is 2.76. The fraction of sp³-hybridized carbons (Fsp3) is 0.800. The molecule has 0 radical (unpaired) electrons. The molecule has 1 amide bonds. The average molecular weight is 151 g/mol. The van der Waals surface area contributed by atoms with E-state index in [-0.39, 0.29) is 0 Å². The van der Waals surface area contributed by atoms with Crippen LogP contribution in [0.4, 0.5) is 8.78 Å². The Hall–Kier alpha value is -0.710. The second-order valence-corrected chi connectivity index (χ2v) is 2.61. The number of halogens is 2. The van der Waals surface area contributed by atoms with Crippen LogP contribution in [0, 0.1) is 0 Å². The number of carbonyl (C=O) groups is 1. The number of alkyl halides is 2. The largest absolute Gasteiger partial charge is 0.380 e. The minimum atomic E-state index is -2.91. The molecule has 0 unspecified atom stereocenters. The monoisotopic (exact) mass is 151 g/mol. The van der Waals surface area contributed by atoms with E-state index in [1.165, 1.54) is 0 Å². The summed E-state index contributed by atoms with van der Waals surface area (Å²) in [6.07, 6.45) is -1.68.